The Balaban J connectivity index is 2.23. The smallest absolute Gasteiger partial charge is 0.322 e. The van der Waals surface area contributed by atoms with Gasteiger partial charge in [-0.25, -0.2) is 0 Å². The standard InChI is InChI=1S/C14H11F3N2O2/c1-19-8-9(5-6-12(19)20)13(21)18-11-4-2-3-10(7-11)14(15,16)17/h2-8H,1H3,(H,18,21). The third kappa shape index (κ3) is 3.50. The minimum Gasteiger partial charge on any atom is -0.322 e. The first-order valence-electron chi connectivity index (χ1n) is 5.92. The van der Waals surface area contributed by atoms with E-state index in [0.717, 1.165) is 12.1 Å². The molecule has 2 aromatic rings. The number of carbonyl (C=O) groups excluding carboxylic acids is 1. The van der Waals surface area contributed by atoms with Gasteiger partial charge in [0, 0.05) is 25.0 Å². The number of pyridine rings is 1. The quantitative estimate of drug-likeness (QED) is 0.926. The second-order valence-electron chi connectivity index (χ2n) is 4.40. The molecule has 110 valence electrons. The molecule has 7 heteroatoms. The summed E-state index contributed by atoms with van der Waals surface area (Å²) in [6, 6.07) is 6.85. The van der Waals surface area contributed by atoms with E-state index < -0.39 is 17.6 Å². The first-order valence-corrected chi connectivity index (χ1v) is 5.92. The number of halogens is 3. The minimum atomic E-state index is -4.47. The number of nitrogens with one attached hydrogen (secondary N) is 1. The van der Waals surface area contributed by atoms with Gasteiger partial charge in [0.25, 0.3) is 5.91 Å². The lowest BCUT2D eigenvalue weighted by molar-refractivity contribution is -0.137. The zero-order valence-electron chi connectivity index (χ0n) is 10.9. The van der Waals surface area contributed by atoms with Gasteiger partial charge in [0.15, 0.2) is 0 Å². The molecule has 0 aliphatic heterocycles. The summed E-state index contributed by atoms with van der Waals surface area (Å²) in [5.41, 5.74) is -0.926. The van der Waals surface area contributed by atoms with Crippen molar-refractivity contribution in [3.05, 3.63) is 64.1 Å². The maximum absolute atomic E-state index is 12.6. The molecular formula is C14H11F3N2O2. The van der Waals surface area contributed by atoms with Gasteiger partial charge in [-0.3, -0.25) is 9.59 Å². The van der Waals surface area contributed by atoms with E-state index in [1.165, 1.54) is 42.1 Å². The number of anilines is 1. The van der Waals surface area contributed by atoms with Crippen LogP contribution in [-0.4, -0.2) is 10.5 Å². The number of aryl methyl sites for hydroxylation is 1. The number of benzene rings is 1. The largest absolute Gasteiger partial charge is 0.416 e. The summed E-state index contributed by atoms with van der Waals surface area (Å²) in [5.74, 6) is -0.593. The molecule has 0 unspecified atom stereocenters. The monoisotopic (exact) mass is 296 g/mol. The third-order valence-corrected chi connectivity index (χ3v) is 2.80. The van der Waals surface area contributed by atoms with E-state index in [0.29, 0.717) is 0 Å². The lowest BCUT2D eigenvalue weighted by Gasteiger charge is -2.10. The Kier molecular flexibility index (Phi) is 3.84. The minimum absolute atomic E-state index is 0.0312. The van der Waals surface area contributed by atoms with Crippen LogP contribution in [0.3, 0.4) is 0 Å². The Morgan fingerprint density at radius 1 is 1.19 bits per heavy atom. The zero-order valence-corrected chi connectivity index (χ0v) is 10.9. The zero-order chi connectivity index (χ0) is 15.6. The molecule has 1 heterocycles. The number of hydrogen-bond donors (Lipinski definition) is 1. The molecule has 0 bridgehead atoms. The number of aromatic nitrogens is 1. The lowest BCUT2D eigenvalue weighted by Crippen LogP contribution is -2.19. The van der Waals surface area contributed by atoms with Crippen molar-refractivity contribution in [1.82, 2.24) is 4.57 Å². The Hall–Kier alpha value is -2.57. The van der Waals surface area contributed by atoms with Crippen LogP contribution in [0.2, 0.25) is 0 Å². The first-order chi connectivity index (χ1) is 9.77. The summed E-state index contributed by atoms with van der Waals surface area (Å²) < 4.78 is 38.9. The van der Waals surface area contributed by atoms with Crippen LogP contribution in [0, 0.1) is 0 Å². The van der Waals surface area contributed by atoms with Crippen LogP contribution >= 0.6 is 0 Å². The number of amides is 1. The molecule has 2 rings (SSSR count). The highest BCUT2D eigenvalue weighted by atomic mass is 19.4. The molecule has 0 spiro atoms. The fourth-order valence-electron chi connectivity index (χ4n) is 1.70. The van der Waals surface area contributed by atoms with E-state index in [1.807, 2.05) is 0 Å². The summed E-state index contributed by atoms with van der Waals surface area (Å²) in [6.45, 7) is 0. The fourth-order valence-corrected chi connectivity index (χ4v) is 1.70. The predicted molar refractivity (Wildman–Crippen MR) is 71.1 cm³/mol. The van der Waals surface area contributed by atoms with Crippen LogP contribution in [0.15, 0.2) is 47.4 Å². The molecule has 4 nitrogen and oxygen atoms in total. The highest BCUT2D eigenvalue weighted by Gasteiger charge is 2.30. The molecule has 0 aliphatic rings. The van der Waals surface area contributed by atoms with Crippen molar-refractivity contribution < 1.29 is 18.0 Å². The summed E-state index contributed by atoms with van der Waals surface area (Å²) in [5, 5.41) is 2.36. The molecule has 21 heavy (non-hydrogen) atoms. The molecule has 0 fully saturated rings. The summed E-state index contributed by atoms with van der Waals surface area (Å²) in [7, 11) is 1.48. The van der Waals surface area contributed by atoms with Crippen molar-refractivity contribution in [3.63, 3.8) is 0 Å². The van der Waals surface area contributed by atoms with Crippen LogP contribution < -0.4 is 10.9 Å². The van der Waals surface area contributed by atoms with Gasteiger partial charge in [-0.15, -0.1) is 0 Å². The number of nitrogens with zero attached hydrogens (tertiary/aromatic N) is 1. The molecule has 1 amide bonds. The van der Waals surface area contributed by atoms with Gasteiger partial charge in [-0.1, -0.05) is 6.07 Å². The summed E-state index contributed by atoms with van der Waals surface area (Å²) in [6.07, 6.45) is -3.16. The van der Waals surface area contributed by atoms with E-state index in [2.05, 4.69) is 5.32 Å². The van der Waals surface area contributed by atoms with E-state index in [9.17, 15) is 22.8 Å². The predicted octanol–water partition coefficient (Wildman–Crippen LogP) is 2.66. The fraction of sp³-hybridized carbons (Fsp3) is 0.143. The summed E-state index contributed by atoms with van der Waals surface area (Å²) >= 11 is 0. The topological polar surface area (TPSA) is 51.1 Å². The van der Waals surface area contributed by atoms with Crippen LogP contribution in [-0.2, 0) is 13.2 Å². The van der Waals surface area contributed by atoms with Gasteiger partial charge in [0.05, 0.1) is 11.1 Å². The highest BCUT2D eigenvalue weighted by Crippen LogP contribution is 2.30. The maximum Gasteiger partial charge on any atom is 0.416 e. The van der Waals surface area contributed by atoms with E-state index in [4.69, 9.17) is 0 Å². The van der Waals surface area contributed by atoms with Crippen molar-refractivity contribution in [1.29, 1.82) is 0 Å². The van der Waals surface area contributed by atoms with Crippen molar-refractivity contribution in [2.75, 3.05) is 5.32 Å². The Morgan fingerprint density at radius 3 is 2.52 bits per heavy atom. The van der Waals surface area contributed by atoms with Crippen LogP contribution in [0.5, 0.6) is 0 Å². The molecule has 0 saturated carbocycles. The molecule has 0 aliphatic carbocycles. The second-order valence-corrected chi connectivity index (χ2v) is 4.40. The molecular weight excluding hydrogens is 285 g/mol. The SMILES string of the molecule is Cn1cc(C(=O)Nc2cccc(C(F)(F)F)c2)ccc1=O. The molecule has 1 aromatic carbocycles. The first kappa shape index (κ1) is 14.8. The maximum atomic E-state index is 12.6. The number of carbonyl (C=O) groups is 1. The normalized spacial score (nSPS) is 11.2. The molecule has 1 aromatic heterocycles. The van der Waals surface area contributed by atoms with Gasteiger partial charge in [0.1, 0.15) is 0 Å². The Labute approximate surface area is 117 Å². The van der Waals surface area contributed by atoms with E-state index in [1.54, 1.807) is 0 Å². The lowest BCUT2D eigenvalue weighted by atomic mass is 10.2. The second kappa shape index (κ2) is 5.43. The van der Waals surface area contributed by atoms with Crippen LogP contribution in [0.25, 0.3) is 0 Å². The Bertz CT molecular complexity index is 735. The summed E-state index contributed by atoms with van der Waals surface area (Å²) in [4.78, 5) is 23.1. The van der Waals surface area contributed by atoms with Crippen molar-refractivity contribution in [2.45, 2.75) is 6.18 Å². The van der Waals surface area contributed by atoms with E-state index in [-0.39, 0.29) is 16.8 Å². The number of alkyl halides is 3. The van der Waals surface area contributed by atoms with Crippen LogP contribution in [0.4, 0.5) is 18.9 Å². The van der Waals surface area contributed by atoms with Gasteiger partial charge in [0.2, 0.25) is 5.56 Å². The van der Waals surface area contributed by atoms with Crippen LogP contribution in [0.1, 0.15) is 15.9 Å². The van der Waals surface area contributed by atoms with Gasteiger partial charge in [-0.2, -0.15) is 13.2 Å². The third-order valence-electron chi connectivity index (χ3n) is 2.80. The highest BCUT2D eigenvalue weighted by molar-refractivity contribution is 6.04. The van der Waals surface area contributed by atoms with Crippen molar-refractivity contribution in [3.8, 4) is 0 Å². The number of rotatable bonds is 2. The molecule has 0 radical (unpaired) electrons. The van der Waals surface area contributed by atoms with Gasteiger partial charge < -0.3 is 9.88 Å². The van der Waals surface area contributed by atoms with Gasteiger partial charge >= 0.3 is 6.18 Å². The van der Waals surface area contributed by atoms with E-state index >= 15 is 0 Å². The molecule has 0 saturated heterocycles. The molecule has 1 N–H and O–H groups in total. The van der Waals surface area contributed by atoms with Crippen molar-refractivity contribution >= 4 is 11.6 Å². The average Bonchev–Trinajstić information content (AvgIpc) is 2.41. The van der Waals surface area contributed by atoms with Gasteiger partial charge in [-0.05, 0) is 24.3 Å². The number of hydrogen-bond acceptors (Lipinski definition) is 2. The average molecular weight is 296 g/mol. The Morgan fingerprint density at radius 2 is 1.90 bits per heavy atom. The van der Waals surface area contributed by atoms with Crippen molar-refractivity contribution in [2.24, 2.45) is 7.05 Å². The molecule has 0 atom stereocenters.